The molecule has 8 nitrogen and oxygen atoms in total. The highest BCUT2D eigenvalue weighted by molar-refractivity contribution is 7.92. The summed E-state index contributed by atoms with van der Waals surface area (Å²) in [5, 5.41) is 2.70. The number of nitrogens with zero attached hydrogens (tertiary/aromatic N) is 3. The summed E-state index contributed by atoms with van der Waals surface area (Å²) in [5.74, 6) is -0.570. The SMILES string of the molecule is Cc1c(N(CC(=O)Nc2ccccc2)S(=O)(=O)c2ccccc2)c(=O)n(-c2ccccc2)n1C. The molecule has 4 rings (SSSR count). The molecule has 0 saturated heterocycles. The smallest absolute Gasteiger partial charge is 0.296 e. The minimum Gasteiger partial charge on any atom is -0.325 e. The molecule has 0 radical (unpaired) electrons. The molecule has 0 aliphatic carbocycles. The van der Waals surface area contributed by atoms with E-state index >= 15 is 0 Å². The van der Waals surface area contributed by atoms with Crippen molar-refractivity contribution >= 4 is 27.3 Å². The number of anilines is 2. The first-order valence-corrected chi connectivity index (χ1v) is 12.0. The molecule has 4 aromatic rings. The van der Waals surface area contributed by atoms with Gasteiger partial charge in [-0.05, 0) is 43.3 Å². The highest BCUT2D eigenvalue weighted by Crippen LogP contribution is 2.25. The number of carbonyl (C=O) groups is 1. The normalized spacial score (nSPS) is 11.2. The van der Waals surface area contributed by atoms with E-state index in [-0.39, 0.29) is 10.6 Å². The van der Waals surface area contributed by atoms with E-state index in [0.29, 0.717) is 17.1 Å². The van der Waals surface area contributed by atoms with Crippen molar-refractivity contribution in [3.05, 3.63) is 107 Å². The van der Waals surface area contributed by atoms with E-state index in [1.165, 1.54) is 16.8 Å². The lowest BCUT2D eigenvalue weighted by Gasteiger charge is -2.23. The van der Waals surface area contributed by atoms with Crippen LogP contribution in [0, 0.1) is 6.92 Å². The number of carbonyl (C=O) groups excluding carboxylic acids is 1. The molecule has 9 heteroatoms. The van der Waals surface area contributed by atoms with Crippen molar-refractivity contribution in [3.8, 4) is 5.69 Å². The van der Waals surface area contributed by atoms with Gasteiger partial charge in [-0.25, -0.2) is 17.4 Å². The van der Waals surface area contributed by atoms with E-state index in [0.717, 1.165) is 4.31 Å². The molecular formula is C25H24N4O4S. The number of rotatable bonds is 7. The number of amides is 1. The zero-order valence-electron chi connectivity index (χ0n) is 18.8. The molecule has 1 N–H and O–H groups in total. The summed E-state index contributed by atoms with van der Waals surface area (Å²) in [6.07, 6.45) is 0. The van der Waals surface area contributed by atoms with Crippen LogP contribution in [0.2, 0.25) is 0 Å². The van der Waals surface area contributed by atoms with Gasteiger partial charge in [-0.1, -0.05) is 54.6 Å². The number of para-hydroxylation sites is 2. The molecule has 3 aromatic carbocycles. The first-order valence-electron chi connectivity index (χ1n) is 10.6. The second-order valence-electron chi connectivity index (χ2n) is 7.65. The molecule has 1 heterocycles. The predicted octanol–water partition coefficient (Wildman–Crippen LogP) is 3.32. The van der Waals surface area contributed by atoms with E-state index in [1.807, 2.05) is 6.07 Å². The van der Waals surface area contributed by atoms with Gasteiger partial charge < -0.3 is 5.32 Å². The topological polar surface area (TPSA) is 93.4 Å². The molecule has 34 heavy (non-hydrogen) atoms. The van der Waals surface area contributed by atoms with Gasteiger partial charge in [0.1, 0.15) is 12.2 Å². The van der Waals surface area contributed by atoms with Crippen LogP contribution in [0.1, 0.15) is 5.69 Å². The van der Waals surface area contributed by atoms with Crippen molar-refractivity contribution in [2.45, 2.75) is 11.8 Å². The number of aromatic nitrogens is 2. The Morgan fingerprint density at radius 3 is 2.00 bits per heavy atom. The average Bonchev–Trinajstić information content (AvgIpc) is 3.07. The standard InChI is InChI=1S/C25H24N4O4S/c1-19-24(25(31)29(27(19)2)21-14-8-4-9-15-21)28(34(32,33)22-16-10-5-11-17-22)18-23(30)26-20-12-6-3-7-13-20/h3-17H,18H2,1-2H3,(H,26,30). The van der Waals surface area contributed by atoms with Crippen LogP contribution in [0.25, 0.3) is 5.69 Å². The number of nitrogens with one attached hydrogen (secondary N) is 1. The summed E-state index contributed by atoms with van der Waals surface area (Å²) in [6, 6.07) is 25.4. The molecule has 0 bridgehead atoms. The molecule has 0 spiro atoms. The monoisotopic (exact) mass is 476 g/mol. The minimum absolute atomic E-state index is 0.0172. The second kappa shape index (κ2) is 9.40. The summed E-state index contributed by atoms with van der Waals surface area (Å²) in [4.78, 5) is 26.5. The molecule has 0 aliphatic rings. The summed E-state index contributed by atoms with van der Waals surface area (Å²) >= 11 is 0. The van der Waals surface area contributed by atoms with Crippen molar-refractivity contribution in [2.24, 2.45) is 7.05 Å². The summed E-state index contributed by atoms with van der Waals surface area (Å²) in [6.45, 7) is 1.08. The van der Waals surface area contributed by atoms with Crippen LogP contribution in [0.5, 0.6) is 0 Å². The van der Waals surface area contributed by atoms with Gasteiger partial charge >= 0.3 is 0 Å². The van der Waals surface area contributed by atoms with Crippen LogP contribution in [0.15, 0.2) is 101 Å². The van der Waals surface area contributed by atoms with Gasteiger partial charge in [0.15, 0.2) is 0 Å². The van der Waals surface area contributed by atoms with Crippen LogP contribution in [-0.2, 0) is 21.9 Å². The molecule has 174 valence electrons. The highest BCUT2D eigenvalue weighted by Gasteiger charge is 2.33. The number of hydrogen-bond acceptors (Lipinski definition) is 4. The summed E-state index contributed by atoms with van der Waals surface area (Å²) < 4.78 is 31.2. The number of benzene rings is 3. The minimum atomic E-state index is -4.23. The van der Waals surface area contributed by atoms with Crippen molar-refractivity contribution < 1.29 is 13.2 Å². The van der Waals surface area contributed by atoms with Crippen LogP contribution < -0.4 is 15.2 Å². The number of hydrogen-bond donors (Lipinski definition) is 1. The lowest BCUT2D eigenvalue weighted by atomic mass is 10.3. The van der Waals surface area contributed by atoms with E-state index in [9.17, 15) is 18.0 Å². The maximum Gasteiger partial charge on any atom is 0.296 e. The Morgan fingerprint density at radius 1 is 0.882 bits per heavy atom. The van der Waals surface area contributed by atoms with Crippen LogP contribution in [-0.4, -0.2) is 30.2 Å². The molecule has 1 amide bonds. The van der Waals surface area contributed by atoms with Gasteiger partial charge in [-0.3, -0.25) is 14.3 Å². The molecular weight excluding hydrogens is 452 g/mol. The van der Waals surface area contributed by atoms with Gasteiger partial charge in [0.2, 0.25) is 5.91 Å². The fourth-order valence-corrected chi connectivity index (χ4v) is 5.19. The molecule has 0 unspecified atom stereocenters. The van der Waals surface area contributed by atoms with Gasteiger partial charge in [0.25, 0.3) is 15.6 Å². The molecule has 0 fully saturated rings. The zero-order valence-corrected chi connectivity index (χ0v) is 19.6. The fourth-order valence-electron chi connectivity index (χ4n) is 3.70. The maximum absolute atomic E-state index is 13.7. The third-order valence-corrected chi connectivity index (χ3v) is 7.21. The predicted molar refractivity (Wildman–Crippen MR) is 132 cm³/mol. The lowest BCUT2D eigenvalue weighted by molar-refractivity contribution is -0.114. The van der Waals surface area contributed by atoms with Gasteiger partial charge in [-0.2, -0.15) is 0 Å². The van der Waals surface area contributed by atoms with Crippen molar-refractivity contribution in [1.82, 2.24) is 9.36 Å². The fraction of sp³-hybridized carbons (Fsp3) is 0.120. The van der Waals surface area contributed by atoms with E-state index in [4.69, 9.17) is 0 Å². The van der Waals surface area contributed by atoms with Crippen molar-refractivity contribution in [1.29, 1.82) is 0 Å². The Labute approximate surface area is 197 Å². The summed E-state index contributed by atoms with van der Waals surface area (Å²) in [7, 11) is -2.56. The molecule has 1 aromatic heterocycles. The Balaban J connectivity index is 1.84. The van der Waals surface area contributed by atoms with Crippen LogP contribution in [0.3, 0.4) is 0 Å². The molecule has 0 saturated carbocycles. The molecule has 0 atom stereocenters. The quantitative estimate of drug-likeness (QED) is 0.443. The Morgan fingerprint density at radius 2 is 1.41 bits per heavy atom. The highest BCUT2D eigenvalue weighted by atomic mass is 32.2. The van der Waals surface area contributed by atoms with E-state index in [2.05, 4.69) is 5.32 Å². The first-order chi connectivity index (χ1) is 16.3. The van der Waals surface area contributed by atoms with Crippen molar-refractivity contribution in [2.75, 3.05) is 16.2 Å². The Kier molecular flexibility index (Phi) is 6.38. The summed E-state index contributed by atoms with van der Waals surface area (Å²) in [5.41, 5.74) is 0.878. The zero-order chi connectivity index (χ0) is 24.3. The van der Waals surface area contributed by atoms with Gasteiger partial charge in [-0.15, -0.1) is 0 Å². The van der Waals surface area contributed by atoms with Crippen molar-refractivity contribution in [3.63, 3.8) is 0 Å². The van der Waals surface area contributed by atoms with Crippen LogP contribution in [0.4, 0.5) is 11.4 Å². The van der Waals surface area contributed by atoms with E-state index < -0.39 is 28.0 Å². The Hall–Kier alpha value is -4.11. The van der Waals surface area contributed by atoms with Gasteiger partial charge in [0.05, 0.1) is 16.3 Å². The maximum atomic E-state index is 13.7. The average molecular weight is 477 g/mol. The lowest BCUT2D eigenvalue weighted by Crippen LogP contribution is -2.41. The Bertz CT molecular complexity index is 1460. The van der Waals surface area contributed by atoms with Gasteiger partial charge in [0, 0.05) is 12.7 Å². The number of sulfonamides is 1. The second-order valence-corrected chi connectivity index (χ2v) is 9.51. The van der Waals surface area contributed by atoms with E-state index in [1.54, 1.807) is 91.4 Å². The third kappa shape index (κ3) is 4.38. The third-order valence-electron chi connectivity index (χ3n) is 5.45. The first kappa shape index (κ1) is 23.1. The largest absolute Gasteiger partial charge is 0.325 e. The molecule has 0 aliphatic heterocycles. The van der Waals surface area contributed by atoms with Crippen LogP contribution >= 0.6 is 0 Å².